The molecule has 5 rings (SSSR count). The minimum absolute atomic E-state index is 0.0720. The van der Waals surface area contributed by atoms with Crippen LogP contribution in [0.3, 0.4) is 0 Å². The lowest BCUT2D eigenvalue weighted by Gasteiger charge is -2.41. The standard InChI is InChI=1S/C28H25N3OS2/c1-2-33-28-21(13-14-34-28)25-22(17-29)27(30)31(20-11-7-4-8-12-20)23-15-19(16-24(32)26(23)25)18-9-5-3-6-10-18/h3-14,19,25H,2,15-16,30H2,1H3/t19-,25-/m0/s1. The molecule has 0 radical (unpaired) electrons. The summed E-state index contributed by atoms with van der Waals surface area (Å²) in [5, 5.41) is 12.3. The van der Waals surface area contributed by atoms with Crippen LogP contribution in [0.15, 0.2) is 99.0 Å². The van der Waals surface area contributed by atoms with Crippen molar-refractivity contribution in [2.45, 2.75) is 35.8 Å². The molecule has 0 spiro atoms. The number of allylic oxidation sites excluding steroid dienone is 3. The molecule has 0 fully saturated rings. The van der Waals surface area contributed by atoms with Gasteiger partial charge in [0, 0.05) is 23.4 Å². The number of benzene rings is 2. The Morgan fingerprint density at radius 2 is 1.79 bits per heavy atom. The van der Waals surface area contributed by atoms with E-state index >= 15 is 0 Å². The van der Waals surface area contributed by atoms with Crippen LogP contribution in [0.2, 0.25) is 0 Å². The number of anilines is 1. The van der Waals surface area contributed by atoms with Crippen molar-refractivity contribution in [2.75, 3.05) is 10.7 Å². The summed E-state index contributed by atoms with van der Waals surface area (Å²) in [7, 11) is 0. The van der Waals surface area contributed by atoms with Crippen LogP contribution < -0.4 is 10.6 Å². The van der Waals surface area contributed by atoms with Crippen LogP contribution in [0.5, 0.6) is 0 Å². The number of carbonyl (C=O) groups is 1. The molecular formula is C28H25N3OS2. The third-order valence-electron chi connectivity index (χ3n) is 6.50. The monoisotopic (exact) mass is 483 g/mol. The van der Waals surface area contributed by atoms with E-state index in [1.54, 1.807) is 23.1 Å². The van der Waals surface area contributed by atoms with Gasteiger partial charge in [-0.15, -0.1) is 23.1 Å². The van der Waals surface area contributed by atoms with E-state index in [-0.39, 0.29) is 11.7 Å². The van der Waals surface area contributed by atoms with Gasteiger partial charge in [0.25, 0.3) is 0 Å². The maximum Gasteiger partial charge on any atom is 0.162 e. The molecule has 170 valence electrons. The zero-order valence-corrected chi connectivity index (χ0v) is 20.5. The maximum atomic E-state index is 13.9. The topological polar surface area (TPSA) is 70.1 Å². The van der Waals surface area contributed by atoms with Crippen molar-refractivity contribution in [1.82, 2.24) is 0 Å². The molecule has 0 saturated carbocycles. The van der Waals surface area contributed by atoms with Gasteiger partial charge in [0.1, 0.15) is 5.82 Å². The van der Waals surface area contributed by atoms with Crippen LogP contribution in [0, 0.1) is 11.3 Å². The van der Waals surface area contributed by atoms with Gasteiger partial charge in [-0.2, -0.15) is 5.26 Å². The number of thioether (sulfide) groups is 1. The number of thiophene rings is 1. The van der Waals surface area contributed by atoms with Crippen molar-refractivity contribution in [3.8, 4) is 6.07 Å². The lowest BCUT2D eigenvalue weighted by molar-refractivity contribution is -0.116. The first-order chi connectivity index (χ1) is 16.6. The Morgan fingerprint density at radius 1 is 1.09 bits per heavy atom. The lowest BCUT2D eigenvalue weighted by Crippen LogP contribution is -2.40. The van der Waals surface area contributed by atoms with E-state index < -0.39 is 5.92 Å². The van der Waals surface area contributed by atoms with Gasteiger partial charge in [0.2, 0.25) is 0 Å². The van der Waals surface area contributed by atoms with Crippen LogP contribution in [0.4, 0.5) is 5.69 Å². The second kappa shape index (κ2) is 9.54. The van der Waals surface area contributed by atoms with Gasteiger partial charge in [-0.3, -0.25) is 9.69 Å². The van der Waals surface area contributed by atoms with Gasteiger partial charge >= 0.3 is 0 Å². The zero-order valence-electron chi connectivity index (χ0n) is 18.9. The molecule has 2 atom stereocenters. The molecule has 6 heteroatoms. The summed E-state index contributed by atoms with van der Waals surface area (Å²) in [6.07, 6.45) is 1.12. The molecule has 2 aliphatic rings. The predicted molar refractivity (Wildman–Crippen MR) is 140 cm³/mol. The molecule has 1 aromatic heterocycles. The molecule has 0 unspecified atom stereocenters. The second-order valence-electron chi connectivity index (χ2n) is 8.41. The Balaban J connectivity index is 1.72. The Hall–Kier alpha value is -3.27. The zero-order chi connectivity index (χ0) is 23.7. The third-order valence-corrected chi connectivity index (χ3v) is 8.65. The number of para-hydroxylation sites is 1. The Kier molecular flexibility index (Phi) is 6.32. The van der Waals surface area contributed by atoms with E-state index in [0.717, 1.165) is 38.0 Å². The fraction of sp³-hybridized carbons (Fsp3) is 0.214. The number of nitriles is 1. The highest BCUT2D eigenvalue weighted by atomic mass is 32.2. The number of nitrogens with zero attached hydrogens (tertiary/aromatic N) is 2. The summed E-state index contributed by atoms with van der Waals surface area (Å²) < 4.78 is 1.14. The molecule has 34 heavy (non-hydrogen) atoms. The average Bonchev–Trinajstić information content (AvgIpc) is 3.32. The SMILES string of the molecule is CCSc1sccc1[C@H]1C(C#N)=C(N)N(c2ccccc2)C2=C1C(=O)C[C@@H](c1ccccc1)C2. The van der Waals surface area contributed by atoms with Crippen LogP contribution in [-0.4, -0.2) is 11.5 Å². The van der Waals surface area contributed by atoms with Crippen molar-refractivity contribution in [3.05, 3.63) is 106 Å². The van der Waals surface area contributed by atoms with Crippen molar-refractivity contribution in [3.63, 3.8) is 0 Å². The van der Waals surface area contributed by atoms with Gasteiger partial charge in [-0.25, -0.2) is 0 Å². The van der Waals surface area contributed by atoms with Crippen molar-refractivity contribution >= 4 is 34.6 Å². The minimum atomic E-state index is -0.426. The van der Waals surface area contributed by atoms with Crippen LogP contribution in [-0.2, 0) is 4.79 Å². The molecule has 2 heterocycles. The van der Waals surface area contributed by atoms with Crippen molar-refractivity contribution in [1.29, 1.82) is 5.26 Å². The Morgan fingerprint density at radius 3 is 2.47 bits per heavy atom. The smallest absolute Gasteiger partial charge is 0.162 e. The fourth-order valence-corrected chi connectivity index (χ4v) is 7.11. The van der Waals surface area contributed by atoms with Crippen LogP contribution in [0.25, 0.3) is 0 Å². The van der Waals surface area contributed by atoms with E-state index in [0.29, 0.717) is 24.2 Å². The van der Waals surface area contributed by atoms with Gasteiger partial charge < -0.3 is 5.73 Å². The third kappa shape index (κ3) is 3.85. The largest absolute Gasteiger partial charge is 0.384 e. The molecule has 1 aliphatic carbocycles. The summed E-state index contributed by atoms with van der Waals surface area (Å²) in [5.41, 5.74) is 11.9. The van der Waals surface area contributed by atoms with Crippen molar-refractivity contribution < 1.29 is 4.79 Å². The maximum absolute atomic E-state index is 13.9. The number of nitrogens with two attached hydrogens (primary N) is 1. The molecule has 1 aliphatic heterocycles. The Labute approximate surface area is 208 Å². The normalized spacial score (nSPS) is 20.4. The van der Waals surface area contributed by atoms with E-state index in [4.69, 9.17) is 5.73 Å². The number of hydrogen-bond donors (Lipinski definition) is 1. The summed E-state index contributed by atoms with van der Waals surface area (Å²) in [6.45, 7) is 2.11. The number of ketones is 1. The lowest BCUT2D eigenvalue weighted by atomic mass is 9.72. The van der Waals surface area contributed by atoms with E-state index in [2.05, 4.69) is 31.2 Å². The minimum Gasteiger partial charge on any atom is -0.384 e. The highest BCUT2D eigenvalue weighted by molar-refractivity contribution is 8.01. The molecular weight excluding hydrogens is 458 g/mol. The van der Waals surface area contributed by atoms with E-state index in [9.17, 15) is 10.1 Å². The van der Waals surface area contributed by atoms with Crippen LogP contribution in [0.1, 0.15) is 42.7 Å². The summed E-state index contributed by atoms with van der Waals surface area (Å²) in [6, 6.07) is 24.5. The molecule has 0 amide bonds. The number of rotatable bonds is 5. The van der Waals surface area contributed by atoms with Gasteiger partial charge in [-0.05, 0) is 52.8 Å². The number of hydrogen-bond acceptors (Lipinski definition) is 6. The first-order valence-electron chi connectivity index (χ1n) is 11.4. The summed E-state index contributed by atoms with van der Waals surface area (Å²) >= 11 is 3.41. The second-order valence-corrected chi connectivity index (χ2v) is 10.9. The van der Waals surface area contributed by atoms with Crippen LogP contribution >= 0.6 is 23.1 Å². The predicted octanol–water partition coefficient (Wildman–Crippen LogP) is 6.56. The first-order valence-corrected chi connectivity index (χ1v) is 13.3. The highest BCUT2D eigenvalue weighted by Gasteiger charge is 2.43. The number of Topliss-reactive ketones (excluding diaryl/α,β-unsaturated/α-hetero) is 1. The molecule has 2 aromatic carbocycles. The average molecular weight is 484 g/mol. The molecule has 3 aromatic rings. The Bertz CT molecular complexity index is 1320. The van der Waals surface area contributed by atoms with Gasteiger partial charge in [-0.1, -0.05) is 55.5 Å². The van der Waals surface area contributed by atoms with E-state index in [1.807, 2.05) is 58.8 Å². The van der Waals surface area contributed by atoms with Gasteiger partial charge in [0.15, 0.2) is 5.78 Å². The summed E-state index contributed by atoms with van der Waals surface area (Å²) in [5.74, 6) is 1.08. The molecule has 2 N–H and O–H groups in total. The molecule has 0 saturated heterocycles. The molecule has 4 nitrogen and oxygen atoms in total. The van der Waals surface area contributed by atoms with Crippen molar-refractivity contribution in [2.24, 2.45) is 5.73 Å². The number of carbonyl (C=O) groups excluding carboxylic acids is 1. The highest BCUT2D eigenvalue weighted by Crippen LogP contribution is 2.51. The van der Waals surface area contributed by atoms with E-state index in [1.165, 1.54) is 0 Å². The first kappa shape index (κ1) is 22.5. The van der Waals surface area contributed by atoms with Gasteiger partial charge in [0.05, 0.1) is 21.8 Å². The quantitative estimate of drug-likeness (QED) is 0.416. The molecule has 0 bridgehead atoms. The fourth-order valence-electron chi connectivity index (χ4n) is 5.04. The summed E-state index contributed by atoms with van der Waals surface area (Å²) in [4.78, 5) is 15.8.